The highest BCUT2D eigenvalue weighted by atomic mass is 35.5. The molecule has 0 fully saturated rings. The van der Waals surface area contributed by atoms with Crippen LogP contribution in [0.15, 0.2) is 42.5 Å². The lowest BCUT2D eigenvalue weighted by atomic mass is 10.1. The average Bonchev–Trinajstić information content (AvgIpc) is 2.92. The third-order valence-electron chi connectivity index (χ3n) is 3.49. The molecule has 1 heterocycles. The molecule has 3 aromatic rings. The number of nitrogens with two attached hydrogens (primary N) is 1. The van der Waals surface area contributed by atoms with E-state index in [0.29, 0.717) is 10.2 Å². The number of ketones is 1. The van der Waals surface area contributed by atoms with Gasteiger partial charge >= 0.3 is 0 Å². The van der Waals surface area contributed by atoms with Gasteiger partial charge in [0, 0.05) is 10.7 Å². The molecule has 0 amide bonds. The summed E-state index contributed by atoms with van der Waals surface area (Å²) < 4.78 is 13.8. The van der Waals surface area contributed by atoms with E-state index in [9.17, 15) is 9.18 Å². The molecule has 0 atom stereocenters. The summed E-state index contributed by atoms with van der Waals surface area (Å²) in [5.41, 5.74) is 7.43. The first-order valence-corrected chi connectivity index (χ1v) is 8.24. The number of benzene rings is 2. The molecule has 2 aromatic carbocycles. The van der Waals surface area contributed by atoms with E-state index in [0.717, 1.165) is 22.6 Å². The molecule has 7 heteroatoms. The minimum absolute atomic E-state index is 0.0293. The van der Waals surface area contributed by atoms with Gasteiger partial charge in [0.15, 0.2) is 5.13 Å². The number of nitrogen functional groups attached to an aromatic ring is 1. The van der Waals surface area contributed by atoms with Crippen molar-refractivity contribution in [2.45, 2.75) is 6.92 Å². The number of aromatic nitrogens is 1. The Bertz CT molecular complexity index is 926. The van der Waals surface area contributed by atoms with Gasteiger partial charge in [-0.3, -0.25) is 4.79 Å². The van der Waals surface area contributed by atoms with Crippen LogP contribution in [0.4, 0.5) is 21.0 Å². The maximum atomic E-state index is 13.8. The summed E-state index contributed by atoms with van der Waals surface area (Å²) in [7, 11) is 0. The molecule has 24 heavy (non-hydrogen) atoms. The zero-order chi connectivity index (χ0) is 17.3. The van der Waals surface area contributed by atoms with Crippen molar-refractivity contribution in [1.82, 2.24) is 4.98 Å². The topological polar surface area (TPSA) is 68.0 Å². The molecule has 1 aromatic heterocycles. The van der Waals surface area contributed by atoms with Gasteiger partial charge in [-0.2, -0.15) is 0 Å². The Kier molecular flexibility index (Phi) is 4.51. The summed E-state index contributed by atoms with van der Waals surface area (Å²) in [6, 6.07) is 11.2. The van der Waals surface area contributed by atoms with E-state index in [1.54, 1.807) is 18.2 Å². The summed E-state index contributed by atoms with van der Waals surface area (Å²) in [4.78, 5) is 16.8. The van der Waals surface area contributed by atoms with Crippen LogP contribution in [0.2, 0.25) is 5.02 Å². The summed E-state index contributed by atoms with van der Waals surface area (Å²) in [6.45, 7) is 1.87. The van der Waals surface area contributed by atoms with Gasteiger partial charge in [0.2, 0.25) is 5.78 Å². The predicted octanol–water partition coefficient (Wildman–Crippen LogP) is 4.80. The van der Waals surface area contributed by atoms with Crippen molar-refractivity contribution in [2.24, 2.45) is 0 Å². The van der Waals surface area contributed by atoms with E-state index < -0.39 is 11.6 Å². The molecule has 0 radical (unpaired) electrons. The van der Waals surface area contributed by atoms with E-state index >= 15 is 0 Å². The van der Waals surface area contributed by atoms with E-state index in [-0.39, 0.29) is 16.3 Å². The molecule has 0 spiro atoms. The lowest BCUT2D eigenvalue weighted by molar-refractivity contribution is 0.103. The van der Waals surface area contributed by atoms with Gasteiger partial charge in [-0.05, 0) is 36.8 Å². The van der Waals surface area contributed by atoms with Crippen LogP contribution in [0.5, 0.6) is 0 Å². The van der Waals surface area contributed by atoms with Crippen LogP contribution in [-0.4, -0.2) is 10.8 Å². The van der Waals surface area contributed by atoms with Crippen molar-refractivity contribution in [3.05, 3.63) is 69.3 Å². The summed E-state index contributed by atoms with van der Waals surface area (Å²) in [6.07, 6.45) is 0. The molecule has 4 nitrogen and oxygen atoms in total. The van der Waals surface area contributed by atoms with Crippen LogP contribution >= 0.6 is 22.9 Å². The summed E-state index contributed by atoms with van der Waals surface area (Å²) >= 11 is 7.16. The van der Waals surface area contributed by atoms with E-state index in [4.69, 9.17) is 17.3 Å². The van der Waals surface area contributed by atoms with Crippen LogP contribution in [0, 0.1) is 12.7 Å². The number of carbonyl (C=O) groups excluding carboxylic acids is 1. The smallest absolute Gasteiger partial charge is 0.209 e. The number of nitrogens with one attached hydrogen (secondary N) is 1. The fraction of sp³-hybridized carbons (Fsp3) is 0.0588. The van der Waals surface area contributed by atoms with Crippen LogP contribution in [-0.2, 0) is 0 Å². The van der Waals surface area contributed by atoms with E-state index in [1.807, 2.05) is 13.0 Å². The monoisotopic (exact) mass is 361 g/mol. The molecule has 0 saturated heterocycles. The SMILES string of the molecule is Cc1c(Cl)cccc1Nc1nc(N)c(C(=O)c2ccccc2F)s1. The molecular weight excluding hydrogens is 349 g/mol. The third kappa shape index (κ3) is 3.11. The van der Waals surface area contributed by atoms with Crippen LogP contribution < -0.4 is 11.1 Å². The fourth-order valence-corrected chi connectivity index (χ4v) is 3.20. The molecule has 0 aliphatic heterocycles. The number of carbonyl (C=O) groups is 1. The first kappa shape index (κ1) is 16.4. The molecule has 0 aliphatic rings. The number of hydrogen-bond donors (Lipinski definition) is 2. The van der Waals surface area contributed by atoms with Gasteiger partial charge in [0.25, 0.3) is 0 Å². The molecule has 0 saturated carbocycles. The van der Waals surface area contributed by atoms with Crippen molar-refractivity contribution >= 4 is 45.4 Å². The number of anilines is 3. The zero-order valence-corrected chi connectivity index (χ0v) is 14.2. The number of nitrogens with zero attached hydrogens (tertiary/aromatic N) is 1. The van der Waals surface area contributed by atoms with Crippen LogP contribution in [0.25, 0.3) is 0 Å². The standard InChI is InChI=1S/C17H13ClFN3OS/c1-9-11(18)6-4-8-13(9)21-17-22-16(20)15(24-17)14(23)10-5-2-3-7-12(10)19/h2-8H,20H2,1H3,(H,21,22). The van der Waals surface area contributed by atoms with E-state index in [2.05, 4.69) is 10.3 Å². The summed E-state index contributed by atoms with van der Waals surface area (Å²) in [5, 5.41) is 4.15. The van der Waals surface area contributed by atoms with Crippen LogP contribution in [0.3, 0.4) is 0 Å². The number of thiazole rings is 1. The van der Waals surface area contributed by atoms with Crippen LogP contribution in [0.1, 0.15) is 20.8 Å². The fourth-order valence-electron chi connectivity index (χ4n) is 2.17. The minimum Gasteiger partial charge on any atom is -0.382 e. The van der Waals surface area contributed by atoms with Gasteiger partial charge in [0.1, 0.15) is 16.5 Å². The molecule has 3 rings (SSSR count). The Hall–Kier alpha value is -2.44. The highest BCUT2D eigenvalue weighted by molar-refractivity contribution is 7.18. The predicted molar refractivity (Wildman–Crippen MR) is 95.8 cm³/mol. The van der Waals surface area contributed by atoms with Gasteiger partial charge in [-0.25, -0.2) is 9.37 Å². The minimum atomic E-state index is -0.588. The molecule has 122 valence electrons. The molecule has 0 aliphatic carbocycles. The Labute approximate surface area is 147 Å². The van der Waals surface area contributed by atoms with Crippen molar-refractivity contribution in [1.29, 1.82) is 0 Å². The highest BCUT2D eigenvalue weighted by Crippen LogP contribution is 2.32. The number of halogens is 2. The summed E-state index contributed by atoms with van der Waals surface area (Å²) in [5.74, 6) is -1.01. The zero-order valence-electron chi connectivity index (χ0n) is 12.6. The Morgan fingerprint density at radius 3 is 2.75 bits per heavy atom. The molecule has 3 N–H and O–H groups in total. The first-order valence-electron chi connectivity index (χ1n) is 7.05. The Morgan fingerprint density at radius 2 is 2.00 bits per heavy atom. The second-order valence-electron chi connectivity index (χ2n) is 5.08. The van der Waals surface area contributed by atoms with Gasteiger partial charge < -0.3 is 11.1 Å². The van der Waals surface area contributed by atoms with Gasteiger partial charge in [-0.15, -0.1) is 0 Å². The lowest BCUT2D eigenvalue weighted by Crippen LogP contribution is -2.04. The quantitative estimate of drug-likeness (QED) is 0.655. The Balaban J connectivity index is 1.92. The normalized spacial score (nSPS) is 10.6. The number of rotatable bonds is 4. The molecule has 0 unspecified atom stereocenters. The lowest BCUT2D eigenvalue weighted by Gasteiger charge is -2.07. The second-order valence-corrected chi connectivity index (χ2v) is 6.49. The van der Waals surface area contributed by atoms with Crippen molar-refractivity contribution < 1.29 is 9.18 Å². The van der Waals surface area contributed by atoms with Gasteiger partial charge in [-0.1, -0.05) is 41.1 Å². The first-order chi connectivity index (χ1) is 11.5. The van der Waals surface area contributed by atoms with Crippen molar-refractivity contribution in [2.75, 3.05) is 11.1 Å². The average molecular weight is 362 g/mol. The molecule has 0 bridgehead atoms. The maximum Gasteiger partial charge on any atom is 0.209 e. The highest BCUT2D eigenvalue weighted by Gasteiger charge is 2.20. The van der Waals surface area contributed by atoms with Gasteiger partial charge in [0.05, 0.1) is 5.56 Å². The van der Waals surface area contributed by atoms with Crippen molar-refractivity contribution in [3.63, 3.8) is 0 Å². The number of hydrogen-bond acceptors (Lipinski definition) is 5. The third-order valence-corrected chi connectivity index (χ3v) is 4.88. The second kappa shape index (κ2) is 6.59. The van der Waals surface area contributed by atoms with E-state index in [1.165, 1.54) is 18.2 Å². The van der Waals surface area contributed by atoms with Crippen molar-refractivity contribution in [3.8, 4) is 0 Å². The largest absolute Gasteiger partial charge is 0.382 e. The maximum absolute atomic E-state index is 13.8. The molecular formula is C17H13ClFN3OS. The Morgan fingerprint density at radius 1 is 1.25 bits per heavy atom.